The molecule has 2 aromatic rings. The van der Waals surface area contributed by atoms with Gasteiger partial charge >= 0.3 is 5.97 Å². The second kappa shape index (κ2) is 9.70. The molecule has 0 aliphatic carbocycles. The van der Waals surface area contributed by atoms with Crippen molar-refractivity contribution in [3.63, 3.8) is 0 Å². The van der Waals surface area contributed by atoms with Gasteiger partial charge in [0, 0.05) is 12.2 Å². The van der Waals surface area contributed by atoms with E-state index in [4.69, 9.17) is 4.74 Å². The molecular formula is C24H30N2O3. The summed E-state index contributed by atoms with van der Waals surface area (Å²) in [6.45, 7) is 7.50. The van der Waals surface area contributed by atoms with E-state index >= 15 is 0 Å². The maximum Gasteiger partial charge on any atom is 0.310 e. The summed E-state index contributed by atoms with van der Waals surface area (Å²) in [5, 5.41) is 3.12. The van der Waals surface area contributed by atoms with Crippen LogP contribution >= 0.6 is 0 Å². The number of ether oxygens (including phenoxy) is 1. The molecule has 2 atom stereocenters. The van der Waals surface area contributed by atoms with E-state index in [0.717, 1.165) is 41.8 Å². The number of carbonyl (C=O) groups excluding carboxylic acids is 2. The minimum Gasteiger partial charge on any atom is -0.466 e. The van der Waals surface area contributed by atoms with Crippen molar-refractivity contribution in [3.8, 4) is 0 Å². The molecular weight excluding hydrogens is 364 g/mol. The molecule has 1 saturated heterocycles. The van der Waals surface area contributed by atoms with Gasteiger partial charge in [0.2, 0.25) is 5.91 Å². The van der Waals surface area contributed by atoms with Crippen LogP contribution in [0.15, 0.2) is 48.5 Å². The lowest BCUT2D eigenvalue weighted by atomic mass is 9.94. The second-order valence-electron chi connectivity index (χ2n) is 7.71. The van der Waals surface area contributed by atoms with E-state index < -0.39 is 6.04 Å². The average molecular weight is 395 g/mol. The zero-order valence-corrected chi connectivity index (χ0v) is 17.5. The van der Waals surface area contributed by atoms with Crippen molar-refractivity contribution in [1.29, 1.82) is 0 Å². The molecule has 0 spiro atoms. The first-order valence-corrected chi connectivity index (χ1v) is 10.3. The number of anilines is 1. The number of piperidine rings is 1. The molecule has 154 valence electrons. The highest BCUT2D eigenvalue weighted by atomic mass is 16.5. The largest absolute Gasteiger partial charge is 0.466 e. The Balaban J connectivity index is 1.86. The summed E-state index contributed by atoms with van der Waals surface area (Å²) in [4.78, 5) is 27.8. The van der Waals surface area contributed by atoms with Crippen molar-refractivity contribution >= 4 is 17.6 Å². The minimum atomic E-state index is -0.451. The van der Waals surface area contributed by atoms with Crippen LogP contribution in [0.25, 0.3) is 0 Å². The van der Waals surface area contributed by atoms with Gasteiger partial charge in [0.15, 0.2) is 0 Å². The molecule has 1 aliphatic heterocycles. The zero-order chi connectivity index (χ0) is 20.8. The third kappa shape index (κ3) is 5.24. The lowest BCUT2D eigenvalue weighted by Crippen LogP contribution is -2.45. The first kappa shape index (κ1) is 21.1. The fourth-order valence-electron chi connectivity index (χ4n) is 3.93. The fourth-order valence-corrected chi connectivity index (χ4v) is 3.93. The summed E-state index contributed by atoms with van der Waals surface area (Å²) in [6.07, 6.45) is 1.67. The molecule has 5 nitrogen and oxygen atoms in total. The topological polar surface area (TPSA) is 58.6 Å². The van der Waals surface area contributed by atoms with Gasteiger partial charge in [0.1, 0.15) is 6.04 Å². The molecule has 1 amide bonds. The van der Waals surface area contributed by atoms with Crippen LogP contribution in [0.5, 0.6) is 0 Å². The SMILES string of the molecule is CCOC(=O)[C@@H]1CCCN([C@@H](C(=O)Nc2cc(C)ccc2C)c2ccccc2)C1. The number of hydrogen-bond donors (Lipinski definition) is 1. The standard InChI is InChI=1S/C24H30N2O3/c1-4-29-24(28)20-11-8-14-26(16-20)22(19-9-6-5-7-10-19)23(27)25-21-15-17(2)12-13-18(21)3/h5-7,9-10,12-13,15,20,22H,4,8,11,14,16H2,1-3H3,(H,25,27)/t20-,22-/m1/s1. The minimum absolute atomic E-state index is 0.0746. The smallest absolute Gasteiger partial charge is 0.310 e. The Kier molecular flexibility index (Phi) is 7.04. The summed E-state index contributed by atoms with van der Waals surface area (Å²) in [7, 11) is 0. The molecule has 0 radical (unpaired) electrons. The molecule has 1 heterocycles. The molecule has 0 bridgehead atoms. The van der Waals surface area contributed by atoms with E-state index in [1.807, 2.05) is 69.3 Å². The van der Waals surface area contributed by atoms with Crippen LogP contribution in [0.4, 0.5) is 5.69 Å². The maximum absolute atomic E-state index is 13.4. The molecule has 5 heteroatoms. The van der Waals surface area contributed by atoms with Crippen LogP contribution < -0.4 is 5.32 Å². The lowest BCUT2D eigenvalue weighted by Gasteiger charge is -2.37. The quantitative estimate of drug-likeness (QED) is 0.744. The number of esters is 1. The number of nitrogens with one attached hydrogen (secondary N) is 1. The fraction of sp³-hybridized carbons (Fsp3) is 0.417. The Bertz CT molecular complexity index is 850. The Morgan fingerprint density at radius 1 is 1.17 bits per heavy atom. The molecule has 1 fully saturated rings. The third-order valence-electron chi connectivity index (χ3n) is 5.45. The Labute approximate surface area is 173 Å². The highest BCUT2D eigenvalue weighted by molar-refractivity contribution is 5.96. The van der Waals surface area contributed by atoms with Crippen LogP contribution in [-0.4, -0.2) is 36.5 Å². The number of amides is 1. The number of rotatable bonds is 6. The normalized spacial score (nSPS) is 18.1. The highest BCUT2D eigenvalue weighted by Crippen LogP contribution is 2.29. The Hall–Kier alpha value is -2.66. The van der Waals surface area contributed by atoms with Gasteiger partial charge in [0.05, 0.1) is 12.5 Å². The highest BCUT2D eigenvalue weighted by Gasteiger charge is 2.34. The molecule has 1 aliphatic rings. The van der Waals surface area contributed by atoms with Gasteiger partial charge in [-0.15, -0.1) is 0 Å². The maximum atomic E-state index is 13.4. The van der Waals surface area contributed by atoms with E-state index in [1.54, 1.807) is 0 Å². The monoisotopic (exact) mass is 394 g/mol. The van der Waals surface area contributed by atoms with Crippen LogP contribution in [0.2, 0.25) is 0 Å². The number of hydrogen-bond acceptors (Lipinski definition) is 4. The molecule has 1 N–H and O–H groups in total. The molecule has 0 unspecified atom stereocenters. The second-order valence-corrected chi connectivity index (χ2v) is 7.71. The Morgan fingerprint density at radius 3 is 2.66 bits per heavy atom. The average Bonchev–Trinajstić information content (AvgIpc) is 2.72. The van der Waals surface area contributed by atoms with Crippen molar-refractivity contribution < 1.29 is 14.3 Å². The van der Waals surface area contributed by atoms with E-state index in [2.05, 4.69) is 10.2 Å². The van der Waals surface area contributed by atoms with Gasteiger partial charge in [-0.2, -0.15) is 0 Å². The van der Waals surface area contributed by atoms with Gasteiger partial charge in [-0.25, -0.2) is 0 Å². The van der Waals surface area contributed by atoms with Gasteiger partial charge in [-0.3, -0.25) is 14.5 Å². The summed E-state index contributed by atoms with van der Waals surface area (Å²) in [5.74, 6) is -0.434. The van der Waals surface area contributed by atoms with Crippen molar-refractivity contribution in [2.75, 3.05) is 25.0 Å². The number of aryl methyl sites for hydroxylation is 2. The molecule has 0 saturated carbocycles. The number of benzene rings is 2. The predicted molar refractivity (Wildman–Crippen MR) is 115 cm³/mol. The molecule has 29 heavy (non-hydrogen) atoms. The van der Waals surface area contributed by atoms with Crippen molar-refractivity contribution in [3.05, 3.63) is 65.2 Å². The first-order valence-electron chi connectivity index (χ1n) is 10.3. The van der Waals surface area contributed by atoms with E-state index in [0.29, 0.717) is 13.2 Å². The van der Waals surface area contributed by atoms with Crippen LogP contribution in [0.1, 0.15) is 42.5 Å². The van der Waals surface area contributed by atoms with Crippen molar-refractivity contribution in [2.45, 2.75) is 39.7 Å². The first-order chi connectivity index (χ1) is 14.0. The van der Waals surface area contributed by atoms with Crippen molar-refractivity contribution in [2.24, 2.45) is 5.92 Å². The van der Waals surface area contributed by atoms with Crippen LogP contribution in [0, 0.1) is 19.8 Å². The summed E-state index contributed by atoms with van der Waals surface area (Å²) in [6, 6.07) is 15.4. The van der Waals surface area contributed by atoms with E-state index in [-0.39, 0.29) is 17.8 Å². The zero-order valence-electron chi connectivity index (χ0n) is 17.5. The Morgan fingerprint density at radius 2 is 1.93 bits per heavy atom. The van der Waals surface area contributed by atoms with E-state index in [1.165, 1.54) is 0 Å². The molecule has 2 aromatic carbocycles. The lowest BCUT2D eigenvalue weighted by molar-refractivity contribution is -0.151. The van der Waals surface area contributed by atoms with Gasteiger partial charge < -0.3 is 10.1 Å². The molecule has 0 aromatic heterocycles. The van der Waals surface area contributed by atoms with Gasteiger partial charge in [0.25, 0.3) is 0 Å². The van der Waals surface area contributed by atoms with Crippen LogP contribution in [-0.2, 0) is 14.3 Å². The summed E-state index contributed by atoms with van der Waals surface area (Å²) in [5.41, 5.74) is 3.89. The predicted octanol–water partition coefficient (Wildman–Crippen LogP) is 4.26. The number of nitrogens with zero attached hydrogens (tertiary/aromatic N) is 1. The number of carbonyl (C=O) groups is 2. The molecule has 3 rings (SSSR count). The number of likely N-dealkylation sites (tertiary alicyclic amines) is 1. The summed E-state index contributed by atoms with van der Waals surface area (Å²) >= 11 is 0. The van der Waals surface area contributed by atoms with Gasteiger partial charge in [-0.05, 0) is 62.9 Å². The van der Waals surface area contributed by atoms with Gasteiger partial charge in [-0.1, -0.05) is 42.5 Å². The van der Waals surface area contributed by atoms with Crippen molar-refractivity contribution in [1.82, 2.24) is 4.90 Å². The summed E-state index contributed by atoms with van der Waals surface area (Å²) < 4.78 is 5.23. The third-order valence-corrected chi connectivity index (χ3v) is 5.45. The van der Waals surface area contributed by atoms with E-state index in [9.17, 15) is 9.59 Å². The van der Waals surface area contributed by atoms with Crippen LogP contribution in [0.3, 0.4) is 0 Å².